The van der Waals surface area contributed by atoms with Crippen LogP contribution in [0.5, 0.6) is 11.5 Å². The highest BCUT2D eigenvalue weighted by molar-refractivity contribution is 5.82. The number of rotatable bonds is 2. The van der Waals surface area contributed by atoms with E-state index in [2.05, 4.69) is 5.32 Å². The number of aliphatic hydroxyl groups excluding tert-OH is 1. The minimum Gasteiger partial charge on any atom is -0.482 e. The zero-order chi connectivity index (χ0) is 14.8. The number of para-hydroxylation sites is 2. The summed E-state index contributed by atoms with van der Waals surface area (Å²) in [5, 5.41) is 12.5. The largest absolute Gasteiger partial charge is 0.482 e. The van der Waals surface area contributed by atoms with Gasteiger partial charge in [-0.15, -0.1) is 0 Å². The number of carbonyl (C=O) groups excluding carboxylic acids is 1. The van der Waals surface area contributed by atoms with E-state index in [-0.39, 0.29) is 24.2 Å². The normalized spacial score (nSPS) is 31.5. The SMILES string of the molecule is CC1Oc2ccccc2OC1C(=O)NC1CCC(O)CC1. The molecule has 1 aromatic carbocycles. The molecule has 2 N–H and O–H groups in total. The predicted molar refractivity (Wildman–Crippen MR) is 77.4 cm³/mol. The lowest BCUT2D eigenvalue weighted by Crippen LogP contribution is -2.52. The van der Waals surface area contributed by atoms with Gasteiger partial charge >= 0.3 is 0 Å². The molecular weight excluding hydrogens is 270 g/mol. The van der Waals surface area contributed by atoms with Gasteiger partial charge < -0.3 is 19.9 Å². The van der Waals surface area contributed by atoms with Crippen LogP contribution in [-0.2, 0) is 4.79 Å². The number of carbonyl (C=O) groups is 1. The van der Waals surface area contributed by atoms with Gasteiger partial charge in [-0.1, -0.05) is 12.1 Å². The molecule has 2 atom stereocenters. The van der Waals surface area contributed by atoms with Crippen LogP contribution < -0.4 is 14.8 Å². The van der Waals surface area contributed by atoms with Crippen molar-refractivity contribution in [1.29, 1.82) is 0 Å². The molecule has 0 bridgehead atoms. The third-order valence-electron chi connectivity index (χ3n) is 4.14. The van der Waals surface area contributed by atoms with Gasteiger partial charge in [0.25, 0.3) is 5.91 Å². The van der Waals surface area contributed by atoms with Crippen molar-refractivity contribution < 1.29 is 19.4 Å². The average molecular weight is 291 g/mol. The lowest BCUT2D eigenvalue weighted by Gasteiger charge is -2.33. The fraction of sp³-hybridized carbons (Fsp3) is 0.562. The van der Waals surface area contributed by atoms with E-state index < -0.39 is 6.10 Å². The second kappa shape index (κ2) is 5.93. The van der Waals surface area contributed by atoms with Crippen LogP contribution in [0.3, 0.4) is 0 Å². The van der Waals surface area contributed by atoms with Gasteiger partial charge in [0, 0.05) is 6.04 Å². The molecule has 1 heterocycles. The van der Waals surface area contributed by atoms with Gasteiger partial charge in [-0.2, -0.15) is 0 Å². The molecule has 1 fully saturated rings. The molecule has 5 heteroatoms. The third kappa shape index (κ3) is 3.13. The van der Waals surface area contributed by atoms with Crippen LogP contribution in [0.4, 0.5) is 0 Å². The van der Waals surface area contributed by atoms with Crippen molar-refractivity contribution in [2.75, 3.05) is 0 Å². The van der Waals surface area contributed by atoms with Crippen LogP contribution in [0.1, 0.15) is 32.6 Å². The summed E-state index contributed by atoms with van der Waals surface area (Å²) < 4.78 is 11.5. The molecule has 1 aromatic rings. The topological polar surface area (TPSA) is 67.8 Å². The van der Waals surface area contributed by atoms with Crippen LogP contribution in [0, 0.1) is 0 Å². The Kier molecular flexibility index (Phi) is 4.01. The van der Waals surface area contributed by atoms with Crippen molar-refractivity contribution in [3.05, 3.63) is 24.3 Å². The maximum Gasteiger partial charge on any atom is 0.265 e. The summed E-state index contributed by atoms with van der Waals surface area (Å²) in [5.74, 6) is 1.14. The maximum absolute atomic E-state index is 12.4. The number of nitrogens with one attached hydrogen (secondary N) is 1. The first-order valence-electron chi connectivity index (χ1n) is 7.54. The fourth-order valence-electron chi connectivity index (χ4n) is 2.91. The molecule has 2 unspecified atom stereocenters. The Balaban J connectivity index is 1.62. The minimum absolute atomic E-state index is 0.119. The molecule has 0 aromatic heterocycles. The van der Waals surface area contributed by atoms with Gasteiger partial charge in [0.1, 0.15) is 6.10 Å². The summed E-state index contributed by atoms with van der Waals surface area (Å²) in [7, 11) is 0. The first-order chi connectivity index (χ1) is 10.1. The van der Waals surface area contributed by atoms with Crippen molar-refractivity contribution in [3.63, 3.8) is 0 Å². The van der Waals surface area contributed by atoms with Crippen molar-refractivity contribution in [2.24, 2.45) is 0 Å². The lowest BCUT2D eigenvalue weighted by atomic mass is 9.93. The molecule has 1 aliphatic carbocycles. The average Bonchev–Trinajstić information content (AvgIpc) is 2.49. The van der Waals surface area contributed by atoms with E-state index in [1.807, 2.05) is 25.1 Å². The van der Waals surface area contributed by atoms with Gasteiger partial charge in [-0.3, -0.25) is 4.79 Å². The van der Waals surface area contributed by atoms with Gasteiger partial charge in [-0.25, -0.2) is 0 Å². The number of ether oxygens (including phenoxy) is 2. The zero-order valence-electron chi connectivity index (χ0n) is 12.1. The van der Waals surface area contributed by atoms with Gasteiger partial charge in [0.05, 0.1) is 6.10 Å². The van der Waals surface area contributed by atoms with Gasteiger partial charge in [-0.05, 0) is 44.7 Å². The van der Waals surface area contributed by atoms with E-state index in [0.29, 0.717) is 11.5 Å². The van der Waals surface area contributed by atoms with E-state index in [9.17, 15) is 9.90 Å². The standard InChI is InChI=1S/C16H21NO4/c1-10-15(21-14-5-3-2-4-13(14)20-10)16(19)17-11-6-8-12(18)9-7-11/h2-5,10-12,15,18H,6-9H2,1H3,(H,17,19). The van der Waals surface area contributed by atoms with E-state index in [1.165, 1.54) is 0 Å². The summed E-state index contributed by atoms with van der Waals surface area (Å²) in [4.78, 5) is 12.4. The predicted octanol–water partition coefficient (Wildman–Crippen LogP) is 1.63. The lowest BCUT2D eigenvalue weighted by molar-refractivity contribution is -0.134. The summed E-state index contributed by atoms with van der Waals surface area (Å²) in [6, 6.07) is 7.49. The van der Waals surface area contributed by atoms with E-state index in [4.69, 9.17) is 9.47 Å². The highest BCUT2D eigenvalue weighted by atomic mass is 16.6. The van der Waals surface area contributed by atoms with Crippen LogP contribution in [-0.4, -0.2) is 35.4 Å². The Morgan fingerprint density at radius 2 is 1.76 bits per heavy atom. The minimum atomic E-state index is -0.633. The Bertz CT molecular complexity index is 511. The van der Waals surface area contributed by atoms with Crippen molar-refractivity contribution in [1.82, 2.24) is 5.32 Å². The number of amides is 1. The van der Waals surface area contributed by atoms with Gasteiger partial charge in [0.2, 0.25) is 6.10 Å². The third-order valence-corrected chi connectivity index (χ3v) is 4.14. The molecule has 2 aliphatic rings. The van der Waals surface area contributed by atoms with Crippen LogP contribution in [0.25, 0.3) is 0 Å². The Morgan fingerprint density at radius 1 is 1.14 bits per heavy atom. The van der Waals surface area contributed by atoms with E-state index in [0.717, 1.165) is 25.7 Å². The molecule has 0 radical (unpaired) electrons. The Morgan fingerprint density at radius 3 is 2.43 bits per heavy atom. The van der Waals surface area contributed by atoms with Crippen molar-refractivity contribution in [2.45, 2.75) is 57.0 Å². The quantitative estimate of drug-likeness (QED) is 0.869. The number of aliphatic hydroxyl groups is 1. The summed E-state index contributed by atoms with van der Waals surface area (Å²) >= 11 is 0. The molecule has 1 amide bonds. The second-order valence-electron chi connectivity index (χ2n) is 5.82. The molecule has 1 aliphatic heterocycles. The van der Waals surface area contributed by atoms with E-state index >= 15 is 0 Å². The van der Waals surface area contributed by atoms with E-state index in [1.54, 1.807) is 6.07 Å². The molecule has 1 saturated carbocycles. The van der Waals surface area contributed by atoms with Gasteiger partial charge in [0.15, 0.2) is 11.5 Å². The van der Waals surface area contributed by atoms with Crippen LogP contribution in [0.2, 0.25) is 0 Å². The Labute approximate surface area is 124 Å². The smallest absolute Gasteiger partial charge is 0.265 e. The maximum atomic E-state index is 12.4. The van der Waals surface area contributed by atoms with Crippen molar-refractivity contribution in [3.8, 4) is 11.5 Å². The summed E-state index contributed by atoms with van der Waals surface area (Å²) in [6.45, 7) is 1.84. The molecule has 114 valence electrons. The molecule has 0 spiro atoms. The number of fused-ring (bicyclic) bond motifs is 1. The van der Waals surface area contributed by atoms with Crippen LogP contribution >= 0.6 is 0 Å². The monoisotopic (exact) mass is 291 g/mol. The first kappa shape index (κ1) is 14.2. The Hall–Kier alpha value is -1.75. The molecule has 0 saturated heterocycles. The zero-order valence-corrected chi connectivity index (χ0v) is 12.1. The second-order valence-corrected chi connectivity index (χ2v) is 5.82. The molecular formula is C16H21NO4. The number of hydrogen-bond acceptors (Lipinski definition) is 4. The van der Waals surface area contributed by atoms with Crippen molar-refractivity contribution >= 4 is 5.91 Å². The highest BCUT2D eigenvalue weighted by Gasteiger charge is 2.35. The number of hydrogen-bond donors (Lipinski definition) is 2. The summed E-state index contributed by atoms with van der Waals surface area (Å²) in [6.07, 6.45) is 1.92. The fourth-order valence-corrected chi connectivity index (χ4v) is 2.91. The first-order valence-corrected chi connectivity index (χ1v) is 7.54. The molecule has 21 heavy (non-hydrogen) atoms. The summed E-state index contributed by atoms with van der Waals surface area (Å²) in [5.41, 5.74) is 0. The van der Waals surface area contributed by atoms with Crippen LogP contribution in [0.15, 0.2) is 24.3 Å². The molecule has 5 nitrogen and oxygen atoms in total. The molecule has 3 rings (SSSR count). The number of benzene rings is 1. The highest BCUT2D eigenvalue weighted by Crippen LogP contribution is 2.33.